The molecule has 2 saturated heterocycles. The van der Waals surface area contributed by atoms with Crippen LogP contribution in [0.15, 0.2) is 0 Å². The van der Waals surface area contributed by atoms with E-state index in [-0.39, 0.29) is 0 Å². The van der Waals surface area contributed by atoms with E-state index in [0.717, 1.165) is 6.92 Å². The van der Waals surface area contributed by atoms with Gasteiger partial charge in [0, 0.05) is 6.92 Å². The molecule has 0 saturated carbocycles. The molecule has 0 aromatic rings. The molecule has 0 aromatic heterocycles. The van der Waals surface area contributed by atoms with Crippen LogP contribution in [0.2, 0.25) is 0 Å². The van der Waals surface area contributed by atoms with Gasteiger partial charge in [0.05, 0.1) is 0 Å². The van der Waals surface area contributed by atoms with Crippen LogP contribution in [0.4, 0.5) is 0 Å². The summed E-state index contributed by atoms with van der Waals surface area (Å²) in [6.07, 6.45) is -6.15. The van der Waals surface area contributed by atoms with Crippen molar-refractivity contribution in [2.45, 2.75) is 37.6 Å². The lowest BCUT2D eigenvalue weighted by Crippen LogP contribution is -2.54. The molecular formula is C8H10O7. The van der Waals surface area contributed by atoms with E-state index < -0.39 is 42.6 Å². The predicted octanol–water partition coefficient (Wildman–Crippen LogP) is -2.08. The first-order chi connectivity index (χ1) is 7.00. The minimum atomic E-state index is -1.37. The molecule has 2 bridgehead atoms. The van der Waals surface area contributed by atoms with Crippen molar-refractivity contribution in [2.24, 2.45) is 0 Å². The van der Waals surface area contributed by atoms with Gasteiger partial charge in [0.25, 0.3) is 0 Å². The van der Waals surface area contributed by atoms with Crippen molar-refractivity contribution in [2.75, 3.05) is 0 Å². The Hall–Kier alpha value is -1.18. The summed E-state index contributed by atoms with van der Waals surface area (Å²) >= 11 is 0. The summed E-state index contributed by atoms with van der Waals surface area (Å²) in [6, 6.07) is 0. The van der Waals surface area contributed by atoms with E-state index in [1.807, 2.05) is 0 Å². The third kappa shape index (κ3) is 1.58. The molecule has 2 N–H and O–H groups in total. The van der Waals surface area contributed by atoms with Gasteiger partial charge in [0.2, 0.25) is 6.29 Å². The Morgan fingerprint density at radius 2 is 2.07 bits per heavy atom. The Morgan fingerprint density at radius 3 is 2.67 bits per heavy atom. The predicted molar refractivity (Wildman–Crippen MR) is 42.3 cm³/mol. The van der Waals surface area contributed by atoms with Gasteiger partial charge in [-0.05, 0) is 0 Å². The Labute approximate surface area is 84.5 Å². The second kappa shape index (κ2) is 3.44. The number of aliphatic hydroxyl groups excluding tert-OH is 2. The molecule has 0 unspecified atom stereocenters. The quantitative estimate of drug-likeness (QED) is 0.487. The number of aliphatic hydroxyl groups is 2. The standard InChI is InChI=1S/C8H10O7/c1-2(9)13-8-4(11)5-3(10)6(15-8)7(12)14-5/h3-6,8,10-11H,1H3/t3-,4+,5-,6-,8+/m0/s1. The van der Waals surface area contributed by atoms with Gasteiger partial charge in [-0.25, -0.2) is 4.79 Å². The van der Waals surface area contributed by atoms with Crippen molar-refractivity contribution in [3.05, 3.63) is 0 Å². The molecule has 0 amide bonds. The largest absolute Gasteiger partial charge is 0.454 e. The minimum Gasteiger partial charge on any atom is -0.454 e. The maximum atomic E-state index is 11.1. The van der Waals surface area contributed by atoms with Crippen LogP contribution >= 0.6 is 0 Å². The molecule has 2 aliphatic heterocycles. The molecule has 2 fully saturated rings. The van der Waals surface area contributed by atoms with Crippen LogP contribution in [0.3, 0.4) is 0 Å². The number of hydrogen-bond acceptors (Lipinski definition) is 7. The zero-order valence-corrected chi connectivity index (χ0v) is 7.82. The maximum absolute atomic E-state index is 11.1. The van der Waals surface area contributed by atoms with Crippen LogP contribution < -0.4 is 0 Å². The van der Waals surface area contributed by atoms with E-state index in [9.17, 15) is 19.8 Å². The lowest BCUT2D eigenvalue weighted by atomic mass is 10.0. The zero-order valence-electron chi connectivity index (χ0n) is 7.82. The molecule has 2 rings (SSSR count). The highest BCUT2D eigenvalue weighted by Crippen LogP contribution is 2.31. The van der Waals surface area contributed by atoms with Crippen LogP contribution in [-0.2, 0) is 23.8 Å². The van der Waals surface area contributed by atoms with Gasteiger partial charge in [-0.3, -0.25) is 4.79 Å². The molecule has 0 radical (unpaired) electrons. The van der Waals surface area contributed by atoms with Crippen LogP contribution in [0, 0.1) is 0 Å². The molecule has 2 aliphatic rings. The summed E-state index contributed by atoms with van der Waals surface area (Å²) < 4.78 is 14.2. The van der Waals surface area contributed by atoms with E-state index in [4.69, 9.17) is 4.74 Å². The van der Waals surface area contributed by atoms with Gasteiger partial charge in [-0.1, -0.05) is 0 Å². The Balaban J connectivity index is 2.14. The summed E-state index contributed by atoms with van der Waals surface area (Å²) in [5, 5.41) is 19.0. The second-order valence-corrected chi connectivity index (χ2v) is 3.42. The normalized spacial score (nSPS) is 43.7. The lowest BCUT2D eigenvalue weighted by molar-refractivity contribution is -0.254. The molecule has 0 spiro atoms. The number of fused-ring (bicyclic) bond motifs is 2. The van der Waals surface area contributed by atoms with E-state index in [2.05, 4.69) is 9.47 Å². The number of carbonyl (C=O) groups excluding carboxylic acids is 2. The van der Waals surface area contributed by atoms with Crippen molar-refractivity contribution < 1.29 is 34.0 Å². The van der Waals surface area contributed by atoms with Gasteiger partial charge in [-0.15, -0.1) is 0 Å². The van der Waals surface area contributed by atoms with Gasteiger partial charge < -0.3 is 24.4 Å². The van der Waals surface area contributed by atoms with Crippen molar-refractivity contribution in [1.82, 2.24) is 0 Å². The fraction of sp³-hybridized carbons (Fsp3) is 0.750. The van der Waals surface area contributed by atoms with Crippen molar-refractivity contribution in [3.8, 4) is 0 Å². The van der Waals surface area contributed by atoms with Crippen molar-refractivity contribution in [3.63, 3.8) is 0 Å². The molecule has 2 heterocycles. The summed E-state index contributed by atoms with van der Waals surface area (Å²) in [5.74, 6) is -1.41. The third-order valence-corrected chi connectivity index (χ3v) is 2.31. The molecule has 7 nitrogen and oxygen atoms in total. The highest BCUT2D eigenvalue weighted by Gasteiger charge is 2.56. The Kier molecular flexibility index (Phi) is 2.37. The van der Waals surface area contributed by atoms with E-state index in [1.54, 1.807) is 0 Å². The zero-order chi connectivity index (χ0) is 11.2. The first-order valence-corrected chi connectivity index (χ1v) is 4.40. The SMILES string of the molecule is CC(=O)O[C@@H]1O[C@@H]2C(=O)O[C@H]([C@H]1O)[C@@H]2O. The highest BCUT2D eigenvalue weighted by atomic mass is 16.7. The van der Waals surface area contributed by atoms with Gasteiger partial charge in [0.15, 0.2) is 18.3 Å². The van der Waals surface area contributed by atoms with Crippen LogP contribution in [0.25, 0.3) is 0 Å². The van der Waals surface area contributed by atoms with E-state index in [1.165, 1.54) is 0 Å². The summed E-state index contributed by atoms with van der Waals surface area (Å²) in [5.41, 5.74) is 0. The topological polar surface area (TPSA) is 102 Å². The number of hydrogen-bond donors (Lipinski definition) is 2. The fourth-order valence-electron chi connectivity index (χ4n) is 1.63. The molecular weight excluding hydrogens is 208 g/mol. The fourth-order valence-corrected chi connectivity index (χ4v) is 1.63. The monoisotopic (exact) mass is 218 g/mol. The summed E-state index contributed by atoms with van der Waals surface area (Å²) in [6.45, 7) is 1.14. The molecule has 15 heavy (non-hydrogen) atoms. The van der Waals surface area contributed by atoms with E-state index in [0.29, 0.717) is 0 Å². The van der Waals surface area contributed by atoms with Gasteiger partial charge in [0.1, 0.15) is 6.10 Å². The average Bonchev–Trinajstić information content (AvgIpc) is 2.34. The number of carbonyl (C=O) groups is 2. The molecule has 5 atom stereocenters. The average molecular weight is 218 g/mol. The first-order valence-electron chi connectivity index (χ1n) is 4.40. The highest BCUT2D eigenvalue weighted by molar-refractivity contribution is 5.78. The lowest BCUT2D eigenvalue weighted by Gasteiger charge is -2.32. The summed E-state index contributed by atoms with van der Waals surface area (Å²) in [7, 11) is 0. The second-order valence-electron chi connectivity index (χ2n) is 3.42. The maximum Gasteiger partial charge on any atom is 0.338 e. The Morgan fingerprint density at radius 1 is 1.40 bits per heavy atom. The van der Waals surface area contributed by atoms with Gasteiger partial charge in [-0.2, -0.15) is 0 Å². The third-order valence-electron chi connectivity index (χ3n) is 2.31. The molecule has 0 aliphatic carbocycles. The first kappa shape index (κ1) is 10.3. The minimum absolute atomic E-state index is 0.651. The molecule has 7 heteroatoms. The molecule has 84 valence electrons. The number of rotatable bonds is 1. The van der Waals surface area contributed by atoms with Crippen molar-refractivity contribution >= 4 is 11.9 Å². The van der Waals surface area contributed by atoms with Crippen LogP contribution in [-0.4, -0.2) is 52.9 Å². The van der Waals surface area contributed by atoms with Crippen LogP contribution in [0.5, 0.6) is 0 Å². The van der Waals surface area contributed by atoms with E-state index >= 15 is 0 Å². The van der Waals surface area contributed by atoms with Crippen molar-refractivity contribution in [1.29, 1.82) is 0 Å². The summed E-state index contributed by atoms with van der Waals surface area (Å²) in [4.78, 5) is 21.7. The smallest absolute Gasteiger partial charge is 0.338 e. The Bertz CT molecular complexity index is 301. The number of esters is 2. The van der Waals surface area contributed by atoms with Gasteiger partial charge >= 0.3 is 11.9 Å². The molecule has 0 aromatic carbocycles. The van der Waals surface area contributed by atoms with Crippen LogP contribution in [0.1, 0.15) is 6.92 Å². The number of ether oxygens (including phenoxy) is 3.